The summed E-state index contributed by atoms with van der Waals surface area (Å²) in [6, 6.07) is 14.8. The molecule has 1 amide bonds. The Labute approximate surface area is 189 Å². The lowest BCUT2D eigenvalue weighted by Crippen LogP contribution is -2.44. The molecule has 2 aromatic rings. The fourth-order valence-electron chi connectivity index (χ4n) is 3.36. The first-order valence-corrected chi connectivity index (χ1v) is 12.9. The largest absolute Gasteiger partial charge is 0.369 e. The molecule has 0 aliphatic carbocycles. The summed E-state index contributed by atoms with van der Waals surface area (Å²) < 4.78 is 26.4. The quantitative estimate of drug-likeness (QED) is 0.606. The third-order valence-electron chi connectivity index (χ3n) is 5.43. The molecule has 0 radical (unpaired) electrons. The van der Waals surface area contributed by atoms with Gasteiger partial charge >= 0.3 is 0 Å². The minimum absolute atomic E-state index is 0.181. The lowest BCUT2D eigenvalue weighted by molar-refractivity contribution is -0.121. The highest BCUT2D eigenvalue weighted by Crippen LogP contribution is 2.20. The zero-order chi connectivity index (χ0) is 22.4. The fourth-order valence-corrected chi connectivity index (χ4v) is 4.90. The van der Waals surface area contributed by atoms with Gasteiger partial charge in [0.15, 0.2) is 0 Å². The number of amides is 1. The number of rotatable bonds is 8. The molecule has 1 aliphatic rings. The Bertz CT molecular complexity index is 971. The lowest BCUT2D eigenvalue weighted by Gasteiger charge is -2.34. The third-order valence-corrected chi connectivity index (χ3v) is 7.99. The molecule has 1 aliphatic heterocycles. The van der Waals surface area contributed by atoms with Crippen LogP contribution in [0.4, 0.5) is 5.69 Å². The van der Waals surface area contributed by atoms with Gasteiger partial charge in [-0.1, -0.05) is 12.1 Å². The van der Waals surface area contributed by atoms with Gasteiger partial charge in [-0.25, -0.2) is 8.42 Å². The first kappa shape index (κ1) is 23.6. The van der Waals surface area contributed by atoms with Crippen LogP contribution in [-0.2, 0) is 21.4 Å². The van der Waals surface area contributed by atoms with Gasteiger partial charge in [0.05, 0.1) is 11.4 Å². The molecule has 0 saturated carbocycles. The van der Waals surface area contributed by atoms with E-state index >= 15 is 0 Å². The van der Waals surface area contributed by atoms with Gasteiger partial charge in [-0.3, -0.25) is 4.79 Å². The number of piperazine rings is 1. The molecular formula is C22H30N4O3S2. The number of nitrogens with zero attached hydrogens (tertiary/aromatic N) is 3. The highest BCUT2D eigenvalue weighted by molar-refractivity contribution is 7.98. The molecule has 0 unspecified atom stereocenters. The summed E-state index contributed by atoms with van der Waals surface area (Å²) in [5.41, 5.74) is 2.16. The van der Waals surface area contributed by atoms with Crippen molar-refractivity contribution >= 4 is 33.4 Å². The Balaban J connectivity index is 1.51. The Hall–Kier alpha value is -2.07. The van der Waals surface area contributed by atoms with Crippen LogP contribution in [0, 0.1) is 0 Å². The molecule has 2 aromatic carbocycles. The minimum Gasteiger partial charge on any atom is -0.369 e. The zero-order valence-corrected chi connectivity index (χ0v) is 19.9. The second-order valence-corrected chi connectivity index (χ2v) is 10.6. The average Bonchev–Trinajstić information content (AvgIpc) is 2.78. The predicted octanol–water partition coefficient (Wildman–Crippen LogP) is 2.10. The molecule has 1 N–H and O–H groups in total. The lowest BCUT2D eigenvalue weighted by atomic mass is 10.2. The van der Waals surface area contributed by atoms with E-state index in [9.17, 15) is 13.2 Å². The van der Waals surface area contributed by atoms with Crippen LogP contribution < -0.4 is 10.2 Å². The van der Waals surface area contributed by atoms with E-state index in [2.05, 4.69) is 34.3 Å². The molecule has 1 saturated heterocycles. The molecule has 7 nitrogen and oxygen atoms in total. The number of likely N-dealkylation sites (N-methyl/N-ethyl adjacent to an activating group) is 2. The normalized spacial score (nSPS) is 15.3. The van der Waals surface area contributed by atoms with Gasteiger partial charge in [0.2, 0.25) is 15.9 Å². The zero-order valence-electron chi connectivity index (χ0n) is 18.2. The van der Waals surface area contributed by atoms with Crippen molar-refractivity contribution in [2.24, 2.45) is 0 Å². The average molecular weight is 463 g/mol. The van der Waals surface area contributed by atoms with Gasteiger partial charge in [0, 0.05) is 50.4 Å². The van der Waals surface area contributed by atoms with Crippen molar-refractivity contribution in [3.05, 3.63) is 54.1 Å². The number of nitrogens with one attached hydrogen (secondary N) is 1. The SMILES string of the molecule is CSc1ccc(S(=O)(=O)N(C)CC(=O)NCc2ccc(N3CCN(C)CC3)cc2)cc1. The van der Waals surface area contributed by atoms with Crippen LogP contribution in [0.5, 0.6) is 0 Å². The number of carbonyl (C=O) groups excluding carboxylic acids is 1. The van der Waals surface area contributed by atoms with Gasteiger partial charge in [0.1, 0.15) is 0 Å². The summed E-state index contributed by atoms with van der Waals surface area (Å²) in [4.78, 5) is 18.2. The smallest absolute Gasteiger partial charge is 0.243 e. The Morgan fingerprint density at radius 2 is 1.65 bits per heavy atom. The fraction of sp³-hybridized carbons (Fsp3) is 0.409. The van der Waals surface area contributed by atoms with Crippen LogP contribution in [0.25, 0.3) is 0 Å². The number of carbonyl (C=O) groups is 1. The molecule has 0 aromatic heterocycles. The monoisotopic (exact) mass is 462 g/mol. The number of sulfonamides is 1. The standard InChI is InChI=1S/C22H30N4O3S2/c1-24-12-14-26(15-13-24)19-6-4-18(5-7-19)16-23-22(27)17-25(2)31(28,29)21-10-8-20(30-3)9-11-21/h4-11H,12-17H2,1-3H3,(H,23,27). The molecule has 9 heteroatoms. The van der Waals surface area contributed by atoms with Crippen LogP contribution in [0.1, 0.15) is 5.56 Å². The Kier molecular flexibility index (Phi) is 7.99. The van der Waals surface area contributed by atoms with Crippen molar-refractivity contribution in [3.8, 4) is 0 Å². The number of hydrogen-bond acceptors (Lipinski definition) is 6. The molecule has 0 bridgehead atoms. The number of benzene rings is 2. The van der Waals surface area contributed by atoms with Crippen molar-refractivity contribution in [1.82, 2.24) is 14.5 Å². The predicted molar refractivity (Wildman–Crippen MR) is 126 cm³/mol. The van der Waals surface area contributed by atoms with E-state index in [1.54, 1.807) is 36.0 Å². The van der Waals surface area contributed by atoms with Crippen molar-refractivity contribution < 1.29 is 13.2 Å². The molecule has 1 fully saturated rings. The molecule has 168 valence electrons. The van der Waals surface area contributed by atoms with Crippen LogP contribution in [0.3, 0.4) is 0 Å². The topological polar surface area (TPSA) is 73.0 Å². The maximum atomic E-state index is 12.7. The van der Waals surface area contributed by atoms with Crippen LogP contribution in [-0.4, -0.2) is 76.6 Å². The molecule has 1 heterocycles. The van der Waals surface area contributed by atoms with Gasteiger partial charge < -0.3 is 15.1 Å². The molecule has 0 atom stereocenters. The maximum Gasteiger partial charge on any atom is 0.243 e. The van der Waals surface area contributed by atoms with Crippen molar-refractivity contribution in [3.63, 3.8) is 0 Å². The Morgan fingerprint density at radius 3 is 2.23 bits per heavy atom. The van der Waals surface area contributed by atoms with E-state index in [0.717, 1.165) is 40.9 Å². The van der Waals surface area contributed by atoms with Gasteiger partial charge in [-0.15, -0.1) is 11.8 Å². The highest BCUT2D eigenvalue weighted by atomic mass is 32.2. The summed E-state index contributed by atoms with van der Waals surface area (Å²) >= 11 is 1.54. The molecule has 0 spiro atoms. The van der Waals surface area contributed by atoms with E-state index in [0.29, 0.717) is 6.54 Å². The third kappa shape index (κ3) is 6.22. The first-order chi connectivity index (χ1) is 14.8. The second kappa shape index (κ2) is 10.5. The second-order valence-electron chi connectivity index (χ2n) is 7.67. The van der Waals surface area contributed by atoms with Crippen molar-refractivity contribution in [2.75, 3.05) is 58.0 Å². The highest BCUT2D eigenvalue weighted by Gasteiger charge is 2.23. The van der Waals surface area contributed by atoms with E-state index in [1.165, 1.54) is 12.7 Å². The van der Waals surface area contributed by atoms with Crippen molar-refractivity contribution in [1.29, 1.82) is 0 Å². The van der Waals surface area contributed by atoms with Crippen LogP contribution in [0.15, 0.2) is 58.3 Å². The molecule has 31 heavy (non-hydrogen) atoms. The van der Waals surface area contributed by atoms with Crippen LogP contribution in [0.2, 0.25) is 0 Å². The van der Waals surface area contributed by atoms with E-state index in [-0.39, 0.29) is 17.3 Å². The summed E-state index contributed by atoms with van der Waals surface area (Å²) in [7, 11) is -0.159. The van der Waals surface area contributed by atoms with Gasteiger partial charge in [-0.2, -0.15) is 4.31 Å². The summed E-state index contributed by atoms with van der Waals surface area (Å²) in [5, 5.41) is 2.81. The molecule has 3 rings (SSSR count). The van der Waals surface area contributed by atoms with E-state index in [4.69, 9.17) is 0 Å². The van der Waals surface area contributed by atoms with E-state index < -0.39 is 10.0 Å². The minimum atomic E-state index is -3.71. The number of hydrogen-bond donors (Lipinski definition) is 1. The maximum absolute atomic E-state index is 12.7. The summed E-state index contributed by atoms with van der Waals surface area (Å²) in [6.45, 7) is 4.25. The summed E-state index contributed by atoms with van der Waals surface area (Å²) in [5.74, 6) is -0.338. The van der Waals surface area contributed by atoms with Gasteiger partial charge in [0.25, 0.3) is 0 Å². The van der Waals surface area contributed by atoms with Gasteiger partial charge in [-0.05, 0) is 55.3 Å². The van der Waals surface area contributed by atoms with Crippen LogP contribution >= 0.6 is 11.8 Å². The number of thioether (sulfide) groups is 1. The summed E-state index contributed by atoms with van der Waals surface area (Å²) in [6.07, 6.45) is 1.93. The van der Waals surface area contributed by atoms with Crippen molar-refractivity contribution in [2.45, 2.75) is 16.3 Å². The molecular weight excluding hydrogens is 432 g/mol. The first-order valence-electron chi connectivity index (χ1n) is 10.2. The van der Waals surface area contributed by atoms with E-state index in [1.807, 2.05) is 18.4 Å². The Morgan fingerprint density at radius 1 is 1.03 bits per heavy atom. The number of anilines is 1.